The molecule has 2 unspecified atom stereocenters. The topological polar surface area (TPSA) is 94.5 Å². The molecule has 0 aliphatic rings. The predicted molar refractivity (Wildman–Crippen MR) is 106 cm³/mol. The summed E-state index contributed by atoms with van der Waals surface area (Å²) in [6.07, 6.45) is 1.69. The van der Waals surface area contributed by atoms with Gasteiger partial charge in [0, 0.05) is 23.2 Å². The first-order chi connectivity index (χ1) is 13.5. The van der Waals surface area contributed by atoms with E-state index in [0.717, 1.165) is 10.8 Å². The average molecular weight is 383 g/mol. The smallest absolute Gasteiger partial charge is 0.251 e. The van der Waals surface area contributed by atoms with Crippen molar-refractivity contribution >= 4 is 22.5 Å². The van der Waals surface area contributed by atoms with Crippen LogP contribution in [0.15, 0.2) is 54.7 Å². The number of nitrogens with zero attached hydrogens (tertiary/aromatic N) is 1. The highest BCUT2D eigenvalue weighted by Gasteiger charge is 2.16. The van der Waals surface area contributed by atoms with Gasteiger partial charge in [0.05, 0.1) is 19.3 Å². The zero-order valence-electron chi connectivity index (χ0n) is 15.4. The van der Waals surface area contributed by atoms with Gasteiger partial charge in [-0.3, -0.25) is 4.79 Å². The van der Waals surface area contributed by atoms with E-state index < -0.39 is 11.9 Å². The highest BCUT2D eigenvalue weighted by Crippen LogP contribution is 2.20. The lowest BCUT2D eigenvalue weighted by molar-refractivity contribution is 0.0916. The highest BCUT2D eigenvalue weighted by molar-refractivity contribution is 5.99. The zero-order chi connectivity index (χ0) is 20.1. The van der Waals surface area contributed by atoms with Crippen LogP contribution in [0.2, 0.25) is 0 Å². The molecule has 0 saturated heterocycles. The molecule has 1 aromatic heterocycles. The van der Waals surface area contributed by atoms with Gasteiger partial charge >= 0.3 is 0 Å². The fourth-order valence-electron chi connectivity index (χ4n) is 2.86. The molecule has 0 saturated carbocycles. The van der Waals surface area contributed by atoms with E-state index in [1.54, 1.807) is 36.5 Å². The molecule has 0 aliphatic heterocycles. The third-order valence-electron chi connectivity index (χ3n) is 4.39. The minimum Gasteiger partial charge on any atom is -0.394 e. The van der Waals surface area contributed by atoms with Crippen LogP contribution in [0.1, 0.15) is 28.9 Å². The maximum absolute atomic E-state index is 13.4. The number of benzene rings is 2. The molecular weight excluding hydrogens is 361 g/mol. The summed E-state index contributed by atoms with van der Waals surface area (Å²) in [7, 11) is 0. The van der Waals surface area contributed by atoms with Crippen molar-refractivity contribution in [3.05, 3.63) is 71.7 Å². The number of nitrogens with one attached hydrogen (secondary N) is 2. The molecule has 146 valence electrons. The first-order valence-electron chi connectivity index (χ1n) is 8.94. The Morgan fingerprint density at radius 2 is 1.93 bits per heavy atom. The zero-order valence-corrected chi connectivity index (χ0v) is 15.4. The molecule has 7 heteroatoms. The van der Waals surface area contributed by atoms with Crippen molar-refractivity contribution in [1.82, 2.24) is 10.3 Å². The largest absolute Gasteiger partial charge is 0.394 e. The number of rotatable bonds is 7. The van der Waals surface area contributed by atoms with E-state index in [1.165, 1.54) is 18.2 Å². The first kappa shape index (κ1) is 19.7. The number of aliphatic hydroxyl groups excluding tert-OH is 2. The average Bonchev–Trinajstić information content (AvgIpc) is 2.71. The molecule has 1 amide bonds. The minimum absolute atomic E-state index is 0.0230. The van der Waals surface area contributed by atoms with Crippen LogP contribution in [-0.2, 0) is 0 Å². The lowest BCUT2D eigenvalue weighted by Gasteiger charge is -2.17. The Morgan fingerprint density at radius 3 is 2.64 bits per heavy atom. The second-order valence-corrected chi connectivity index (χ2v) is 6.62. The van der Waals surface area contributed by atoms with Gasteiger partial charge < -0.3 is 20.8 Å². The minimum atomic E-state index is -0.709. The Balaban J connectivity index is 1.82. The van der Waals surface area contributed by atoms with E-state index in [1.807, 2.05) is 6.92 Å². The molecule has 2 aromatic carbocycles. The van der Waals surface area contributed by atoms with Crippen LogP contribution in [0.3, 0.4) is 0 Å². The Morgan fingerprint density at radius 1 is 1.11 bits per heavy atom. The number of hydrogen-bond acceptors (Lipinski definition) is 5. The molecule has 2 atom stereocenters. The monoisotopic (exact) mass is 383 g/mol. The van der Waals surface area contributed by atoms with Gasteiger partial charge in [-0.1, -0.05) is 18.2 Å². The number of fused-ring (bicyclic) bond motifs is 1. The number of anilines is 1. The Labute approximate surface area is 162 Å². The van der Waals surface area contributed by atoms with Crippen LogP contribution in [0.25, 0.3) is 10.8 Å². The van der Waals surface area contributed by atoms with Crippen LogP contribution >= 0.6 is 0 Å². The Hall–Kier alpha value is -3.03. The lowest BCUT2D eigenvalue weighted by Crippen LogP contribution is -2.30. The fraction of sp³-hybridized carbons (Fsp3) is 0.238. The van der Waals surface area contributed by atoms with E-state index in [0.29, 0.717) is 16.9 Å². The van der Waals surface area contributed by atoms with E-state index >= 15 is 0 Å². The second-order valence-electron chi connectivity index (χ2n) is 6.62. The number of aliphatic hydroxyl groups is 2. The number of pyridine rings is 1. The number of hydrogen-bond donors (Lipinski definition) is 4. The number of halogens is 1. The van der Waals surface area contributed by atoms with Gasteiger partial charge in [0.2, 0.25) is 0 Å². The number of aromatic nitrogens is 1. The van der Waals surface area contributed by atoms with E-state index in [2.05, 4.69) is 15.6 Å². The quantitative estimate of drug-likeness (QED) is 0.503. The molecule has 0 aliphatic carbocycles. The summed E-state index contributed by atoms with van der Waals surface area (Å²) < 4.78 is 13.4. The third kappa shape index (κ3) is 4.62. The summed E-state index contributed by atoms with van der Waals surface area (Å²) in [4.78, 5) is 16.9. The summed E-state index contributed by atoms with van der Waals surface area (Å²) >= 11 is 0. The van der Waals surface area contributed by atoms with Gasteiger partial charge in [-0.15, -0.1) is 0 Å². The van der Waals surface area contributed by atoms with Crippen LogP contribution in [0.4, 0.5) is 10.2 Å². The standard InChI is InChI=1S/C21H22FN3O3/c1-13(11-26)24-20-9-17-7-15(5-6-16(17)10-23-20)21(28)25-19(12-27)14-3-2-4-18(22)8-14/h2-10,13,19,26-27H,11-12H2,1H3,(H,23,24)(H,25,28). The van der Waals surface area contributed by atoms with Crippen molar-refractivity contribution in [1.29, 1.82) is 0 Å². The molecule has 0 bridgehead atoms. The van der Waals surface area contributed by atoms with E-state index in [-0.39, 0.29) is 25.2 Å². The molecule has 0 spiro atoms. The van der Waals surface area contributed by atoms with Gasteiger partial charge in [-0.05, 0) is 48.2 Å². The van der Waals surface area contributed by atoms with Crippen molar-refractivity contribution in [2.24, 2.45) is 0 Å². The number of carbonyl (C=O) groups is 1. The van der Waals surface area contributed by atoms with Gasteiger partial charge in [0.25, 0.3) is 5.91 Å². The lowest BCUT2D eigenvalue weighted by atomic mass is 10.1. The second kappa shape index (κ2) is 8.77. The van der Waals surface area contributed by atoms with Crippen LogP contribution in [-0.4, -0.2) is 40.4 Å². The van der Waals surface area contributed by atoms with Gasteiger partial charge in [-0.25, -0.2) is 9.37 Å². The summed E-state index contributed by atoms with van der Waals surface area (Å²) in [5.41, 5.74) is 0.903. The third-order valence-corrected chi connectivity index (χ3v) is 4.39. The van der Waals surface area contributed by atoms with Crippen molar-refractivity contribution in [3.63, 3.8) is 0 Å². The van der Waals surface area contributed by atoms with Crippen molar-refractivity contribution < 1.29 is 19.4 Å². The molecule has 28 heavy (non-hydrogen) atoms. The maximum atomic E-state index is 13.4. The normalized spacial score (nSPS) is 13.1. The predicted octanol–water partition coefficient (Wildman–Crippen LogP) is 2.63. The van der Waals surface area contributed by atoms with E-state index in [9.17, 15) is 14.3 Å². The van der Waals surface area contributed by atoms with Gasteiger partial charge in [0.1, 0.15) is 11.6 Å². The number of carbonyl (C=O) groups excluding carboxylic acids is 1. The van der Waals surface area contributed by atoms with Crippen LogP contribution in [0, 0.1) is 5.82 Å². The summed E-state index contributed by atoms with van der Waals surface area (Å²) in [6.45, 7) is 1.46. The van der Waals surface area contributed by atoms with Crippen molar-refractivity contribution in [3.8, 4) is 0 Å². The Bertz CT molecular complexity index is 980. The molecule has 3 rings (SSSR count). The molecule has 3 aromatic rings. The molecular formula is C21H22FN3O3. The first-order valence-corrected chi connectivity index (χ1v) is 8.94. The number of amides is 1. The van der Waals surface area contributed by atoms with Crippen LogP contribution < -0.4 is 10.6 Å². The molecule has 1 heterocycles. The summed E-state index contributed by atoms with van der Waals surface area (Å²) in [5.74, 6) is -0.208. The maximum Gasteiger partial charge on any atom is 0.251 e. The molecule has 6 nitrogen and oxygen atoms in total. The van der Waals surface area contributed by atoms with E-state index in [4.69, 9.17) is 5.11 Å². The molecule has 0 fully saturated rings. The summed E-state index contributed by atoms with van der Waals surface area (Å²) in [6, 6.07) is 11.9. The summed E-state index contributed by atoms with van der Waals surface area (Å²) in [5, 5.41) is 26.2. The highest BCUT2D eigenvalue weighted by atomic mass is 19.1. The molecule has 0 radical (unpaired) electrons. The SMILES string of the molecule is CC(CO)Nc1cc2cc(C(=O)NC(CO)c3cccc(F)c3)ccc2cn1. The molecule has 4 N–H and O–H groups in total. The van der Waals surface area contributed by atoms with Gasteiger partial charge in [-0.2, -0.15) is 0 Å². The van der Waals surface area contributed by atoms with Crippen LogP contribution in [0.5, 0.6) is 0 Å². The Kier molecular flexibility index (Phi) is 6.18. The van der Waals surface area contributed by atoms with Crippen molar-refractivity contribution in [2.45, 2.75) is 19.0 Å². The van der Waals surface area contributed by atoms with Gasteiger partial charge in [0.15, 0.2) is 0 Å². The van der Waals surface area contributed by atoms with Crippen molar-refractivity contribution in [2.75, 3.05) is 18.5 Å². The fourth-order valence-corrected chi connectivity index (χ4v) is 2.86.